The zero-order chi connectivity index (χ0) is 22.5. The number of hydrogen-bond acceptors (Lipinski definition) is 5. The summed E-state index contributed by atoms with van der Waals surface area (Å²) in [6.45, 7) is 5.14. The van der Waals surface area contributed by atoms with Gasteiger partial charge in [-0.2, -0.15) is 0 Å². The lowest BCUT2D eigenvalue weighted by Gasteiger charge is -2.20. The lowest BCUT2D eigenvalue weighted by molar-refractivity contribution is -0.113. The van der Waals surface area contributed by atoms with Crippen molar-refractivity contribution >= 4 is 23.4 Å². The number of aromatic nitrogens is 3. The minimum atomic E-state index is -0.339. The van der Waals surface area contributed by atoms with Crippen molar-refractivity contribution in [2.75, 3.05) is 11.1 Å². The molecule has 0 spiro atoms. The van der Waals surface area contributed by atoms with Gasteiger partial charge in [0.2, 0.25) is 5.91 Å². The predicted molar refractivity (Wildman–Crippen MR) is 124 cm³/mol. The third-order valence-corrected chi connectivity index (χ3v) is 6.66. The van der Waals surface area contributed by atoms with Gasteiger partial charge < -0.3 is 14.6 Å². The Kier molecular flexibility index (Phi) is 7.09. The van der Waals surface area contributed by atoms with Crippen molar-refractivity contribution in [2.24, 2.45) is 0 Å². The number of ether oxygens (including phenoxy) is 1. The lowest BCUT2D eigenvalue weighted by atomic mass is 9.88. The Labute approximate surface area is 191 Å². The molecule has 0 aliphatic heterocycles. The summed E-state index contributed by atoms with van der Waals surface area (Å²) in [5.74, 6) is 1.28. The number of benzene rings is 2. The third-order valence-electron chi connectivity index (χ3n) is 5.70. The van der Waals surface area contributed by atoms with Crippen molar-refractivity contribution in [3.63, 3.8) is 0 Å². The van der Waals surface area contributed by atoms with Crippen LogP contribution in [0.25, 0.3) is 0 Å². The van der Waals surface area contributed by atoms with E-state index in [9.17, 15) is 9.18 Å². The molecule has 3 aromatic rings. The van der Waals surface area contributed by atoms with Crippen molar-refractivity contribution in [3.05, 3.63) is 64.7 Å². The normalized spacial score (nSPS) is 13.0. The largest absolute Gasteiger partial charge is 0.485 e. The van der Waals surface area contributed by atoms with Gasteiger partial charge in [0.05, 0.1) is 5.75 Å². The number of fused-ring (bicyclic) bond motifs is 1. The van der Waals surface area contributed by atoms with Crippen LogP contribution in [-0.4, -0.2) is 26.4 Å². The Balaban J connectivity index is 1.37. The van der Waals surface area contributed by atoms with Crippen LogP contribution in [0.5, 0.6) is 5.75 Å². The average molecular weight is 455 g/mol. The maximum atomic E-state index is 13.0. The topological polar surface area (TPSA) is 69.0 Å². The van der Waals surface area contributed by atoms with Gasteiger partial charge in [-0.25, -0.2) is 4.39 Å². The molecule has 2 aromatic carbocycles. The van der Waals surface area contributed by atoms with Gasteiger partial charge in [-0.05, 0) is 86.6 Å². The van der Waals surface area contributed by atoms with Gasteiger partial charge in [0, 0.05) is 12.2 Å². The van der Waals surface area contributed by atoms with E-state index in [2.05, 4.69) is 34.6 Å². The highest BCUT2D eigenvalue weighted by Crippen LogP contribution is 2.31. The van der Waals surface area contributed by atoms with Gasteiger partial charge in [0.1, 0.15) is 18.2 Å². The van der Waals surface area contributed by atoms with Crippen LogP contribution in [-0.2, 0) is 30.8 Å². The minimum Gasteiger partial charge on any atom is -0.485 e. The van der Waals surface area contributed by atoms with Crippen LogP contribution in [0.2, 0.25) is 0 Å². The number of amides is 1. The molecule has 1 heterocycles. The first-order valence-electron chi connectivity index (χ1n) is 10.9. The van der Waals surface area contributed by atoms with Gasteiger partial charge in [-0.3, -0.25) is 4.79 Å². The molecule has 168 valence electrons. The molecule has 0 saturated heterocycles. The summed E-state index contributed by atoms with van der Waals surface area (Å²) in [6.07, 6.45) is 4.76. The third kappa shape index (κ3) is 5.12. The fourth-order valence-corrected chi connectivity index (χ4v) is 4.82. The van der Waals surface area contributed by atoms with Gasteiger partial charge in [0.15, 0.2) is 11.0 Å². The molecule has 4 rings (SSSR count). The van der Waals surface area contributed by atoms with E-state index in [-0.39, 0.29) is 17.5 Å². The summed E-state index contributed by atoms with van der Waals surface area (Å²) in [7, 11) is 0. The molecule has 1 aliphatic rings. The molecule has 1 N–H and O–H groups in total. The highest BCUT2D eigenvalue weighted by atomic mass is 32.2. The molecule has 6 nitrogen and oxygen atoms in total. The molecule has 8 heteroatoms. The highest BCUT2D eigenvalue weighted by molar-refractivity contribution is 7.99. The fraction of sp³-hybridized carbons (Fsp3) is 0.375. The maximum Gasteiger partial charge on any atom is 0.234 e. The second kappa shape index (κ2) is 10.2. The van der Waals surface area contributed by atoms with Gasteiger partial charge >= 0.3 is 0 Å². The fourth-order valence-electron chi connectivity index (χ4n) is 4.00. The van der Waals surface area contributed by atoms with E-state index in [1.54, 1.807) is 0 Å². The number of carbonyl (C=O) groups is 1. The summed E-state index contributed by atoms with van der Waals surface area (Å²) < 4.78 is 21.1. The van der Waals surface area contributed by atoms with Crippen LogP contribution >= 0.6 is 11.8 Å². The number of halogens is 1. The standard InChI is InChI=1S/C24H27FN4O2S/c1-3-29-22(14-31-21-13-8-17-6-4-5-7-20(17)16(21)2)27-28-24(29)32-15-23(30)26-19-11-9-18(25)10-12-19/h8-13H,3-7,14-15H2,1-2H3,(H,26,30). The van der Waals surface area contributed by atoms with Crippen LogP contribution in [0.15, 0.2) is 41.6 Å². The Morgan fingerprint density at radius 3 is 2.72 bits per heavy atom. The number of nitrogens with one attached hydrogen (secondary N) is 1. The molecule has 0 atom stereocenters. The van der Waals surface area contributed by atoms with Crippen LogP contribution in [0, 0.1) is 12.7 Å². The SMILES string of the molecule is CCn1c(COc2ccc3c(c2C)CCCC3)nnc1SCC(=O)Nc1ccc(F)cc1. The summed E-state index contributed by atoms with van der Waals surface area (Å²) in [6, 6.07) is 9.93. The number of anilines is 1. The number of carbonyl (C=O) groups excluding carboxylic acids is 1. The molecule has 0 radical (unpaired) electrons. The number of thioether (sulfide) groups is 1. The molecule has 1 aliphatic carbocycles. The Morgan fingerprint density at radius 2 is 1.94 bits per heavy atom. The molecular formula is C24H27FN4O2S. The number of hydrogen-bond donors (Lipinski definition) is 1. The van der Waals surface area contributed by atoms with Crippen molar-refractivity contribution in [1.29, 1.82) is 0 Å². The summed E-state index contributed by atoms with van der Waals surface area (Å²) in [5.41, 5.74) is 4.64. The smallest absolute Gasteiger partial charge is 0.234 e. The first kappa shape index (κ1) is 22.3. The van der Waals surface area contributed by atoms with E-state index in [1.807, 2.05) is 11.5 Å². The average Bonchev–Trinajstić information content (AvgIpc) is 3.21. The maximum absolute atomic E-state index is 13.0. The lowest BCUT2D eigenvalue weighted by Crippen LogP contribution is -2.15. The van der Waals surface area contributed by atoms with Crippen molar-refractivity contribution in [1.82, 2.24) is 14.8 Å². The van der Waals surface area contributed by atoms with E-state index in [0.29, 0.717) is 24.0 Å². The molecule has 0 saturated carbocycles. The second-order valence-electron chi connectivity index (χ2n) is 7.81. The first-order valence-corrected chi connectivity index (χ1v) is 11.9. The molecular weight excluding hydrogens is 427 g/mol. The predicted octanol–water partition coefficient (Wildman–Crippen LogP) is 4.93. The van der Waals surface area contributed by atoms with Crippen LogP contribution in [0.3, 0.4) is 0 Å². The Morgan fingerprint density at radius 1 is 1.16 bits per heavy atom. The van der Waals surface area contributed by atoms with E-state index in [0.717, 1.165) is 24.4 Å². The van der Waals surface area contributed by atoms with Crippen molar-refractivity contribution < 1.29 is 13.9 Å². The summed E-state index contributed by atoms with van der Waals surface area (Å²) >= 11 is 1.31. The highest BCUT2D eigenvalue weighted by Gasteiger charge is 2.17. The Hall–Kier alpha value is -2.87. The molecule has 1 amide bonds. The molecule has 0 unspecified atom stereocenters. The monoisotopic (exact) mass is 454 g/mol. The van der Waals surface area contributed by atoms with E-state index < -0.39 is 0 Å². The van der Waals surface area contributed by atoms with Crippen molar-refractivity contribution in [2.45, 2.75) is 57.8 Å². The molecule has 0 fully saturated rings. The minimum absolute atomic E-state index is 0.181. The molecule has 1 aromatic heterocycles. The van der Waals surface area contributed by atoms with Crippen LogP contribution < -0.4 is 10.1 Å². The second-order valence-corrected chi connectivity index (χ2v) is 8.75. The van der Waals surface area contributed by atoms with Gasteiger partial charge in [0.25, 0.3) is 0 Å². The zero-order valence-electron chi connectivity index (χ0n) is 18.4. The molecule has 32 heavy (non-hydrogen) atoms. The van der Waals surface area contributed by atoms with Crippen molar-refractivity contribution in [3.8, 4) is 5.75 Å². The number of aryl methyl sites for hydroxylation is 1. The van der Waals surface area contributed by atoms with E-state index in [1.165, 1.54) is 65.6 Å². The number of nitrogens with zero attached hydrogens (tertiary/aromatic N) is 3. The van der Waals surface area contributed by atoms with Gasteiger partial charge in [-0.1, -0.05) is 17.8 Å². The number of rotatable bonds is 8. The van der Waals surface area contributed by atoms with Crippen LogP contribution in [0.1, 0.15) is 42.3 Å². The zero-order valence-corrected chi connectivity index (χ0v) is 19.2. The first-order chi connectivity index (χ1) is 15.5. The molecule has 0 bridgehead atoms. The summed E-state index contributed by atoms with van der Waals surface area (Å²) in [5, 5.41) is 12.0. The Bertz CT molecular complexity index is 1100. The van der Waals surface area contributed by atoms with Crippen LogP contribution in [0.4, 0.5) is 10.1 Å². The quantitative estimate of drug-likeness (QED) is 0.489. The van der Waals surface area contributed by atoms with E-state index in [4.69, 9.17) is 4.74 Å². The van der Waals surface area contributed by atoms with Gasteiger partial charge in [-0.15, -0.1) is 10.2 Å². The van der Waals surface area contributed by atoms with E-state index >= 15 is 0 Å². The summed E-state index contributed by atoms with van der Waals surface area (Å²) in [4.78, 5) is 12.2.